The second kappa shape index (κ2) is 17.0. The van der Waals surface area contributed by atoms with E-state index in [2.05, 4.69) is 12.2 Å². The number of hydrogen-bond acceptors (Lipinski definition) is 4. The van der Waals surface area contributed by atoms with Crippen LogP contribution in [0.25, 0.3) is 0 Å². The van der Waals surface area contributed by atoms with Gasteiger partial charge in [-0.05, 0) is 19.3 Å². The summed E-state index contributed by atoms with van der Waals surface area (Å²) in [5.74, 6) is 0.977. The Morgan fingerprint density at radius 3 is 1.50 bits per heavy atom. The maximum atomic E-state index is 10.4. The van der Waals surface area contributed by atoms with Crippen molar-refractivity contribution in [2.45, 2.75) is 154 Å². The van der Waals surface area contributed by atoms with Gasteiger partial charge in [0.15, 0.2) is 0 Å². The van der Waals surface area contributed by atoms with Crippen molar-refractivity contribution in [3.63, 3.8) is 0 Å². The fourth-order valence-corrected chi connectivity index (χ4v) is 4.70. The Kier molecular flexibility index (Phi) is 15.5. The van der Waals surface area contributed by atoms with Gasteiger partial charge in [-0.3, -0.25) is 4.99 Å². The summed E-state index contributed by atoms with van der Waals surface area (Å²) in [7, 11) is 0. The van der Waals surface area contributed by atoms with Crippen molar-refractivity contribution in [1.82, 2.24) is 5.32 Å². The highest BCUT2D eigenvalue weighted by atomic mass is 16.3. The maximum Gasteiger partial charge on any atom is 0.131 e. The van der Waals surface area contributed by atoms with Crippen LogP contribution in [0.3, 0.4) is 0 Å². The molecule has 0 fully saturated rings. The first-order chi connectivity index (χ1) is 14.6. The quantitative estimate of drug-likeness (QED) is 0.195. The predicted molar refractivity (Wildman–Crippen MR) is 130 cm³/mol. The monoisotopic (exact) mass is 424 g/mol. The third kappa shape index (κ3) is 10.1. The molecule has 1 heterocycles. The Hall–Kier alpha value is -0.610. The summed E-state index contributed by atoms with van der Waals surface area (Å²) in [5.41, 5.74) is -0.742. The Morgan fingerprint density at radius 2 is 1.10 bits per heavy atom. The van der Waals surface area contributed by atoms with Crippen molar-refractivity contribution >= 4 is 5.84 Å². The minimum absolute atomic E-state index is 0.561. The largest absolute Gasteiger partial charge is 0.390 e. The molecule has 30 heavy (non-hydrogen) atoms. The first-order valence-electron chi connectivity index (χ1n) is 13.3. The molecule has 0 aromatic rings. The molecule has 0 radical (unpaired) electrons. The lowest BCUT2D eigenvalue weighted by Gasteiger charge is -2.34. The SMILES string of the molecule is CCCCCCCCCCCCCCCCCC1=NC(C(O)CC)(C(O)CC)CN1. The van der Waals surface area contributed by atoms with Crippen molar-refractivity contribution in [3.05, 3.63) is 0 Å². The summed E-state index contributed by atoms with van der Waals surface area (Å²) in [5, 5.41) is 24.2. The van der Waals surface area contributed by atoms with E-state index in [9.17, 15) is 10.2 Å². The second-order valence-electron chi connectivity index (χ2n) is 9.45. The van der Waals surface area contributed by atoms with E-state index >= 15 is 0 Å². The van der Waals surface area contributed by atoms with Crippen LogP contribution in [0.2, 0.25) is 0 Å². The van der Waals surface area contributed by atoms with Crippen molar-refractivity contribution in [2.75, 3.05) is 6.54 Å². The molecule has 0 aromatic carbocycles. The van der Waals surface area contributed by atoms with Gasteiger partial charge in [-0.2, -0.15) is 0 Å². The van der Waals surface area contributed by atoms with Crippen molar-refractivity contribution < 1.29 is 10.2 Å². The molecule has 1 rings (SSSR count). The van der Waals surface area contributed by atoms with E-state index in [0.717, 1.165) is 18.7 Å². The lowest BCUT2D eigenvalue weighted by molar-refractivity contribution is -0.00499. The van der Waals surface area contributed by atoms with E-state index in [4.69, 9.17) is 4.99 Å². The summed E-state index contributed by atoms with van der Waals surface area (Å²) < 4.78 is 0. The average Bonchev–Trinajstić information content (AvgIpc) is 3.20. The van der Waals surface area contributed by atoms with Crippen LogP contribution in [0, 0.1) is 0 Å². The topological polar surface area (TPSA) is 64.9 Å². The van der Waals surface area contributed by atoms with E-state index in [0.29, 0.717) is 19.4 Å². The number of hydrogen-bond donors (Lipinski definition) is 3. The predicted octanol–water partition coefficient (Wildman–Crippen LogP) is 6.53. The number of rotatable bonds is 20. The summed E-state index contributed by atoms with van der Waals surface area (Å²) in [6.07, 6.45) is 21.6. The van der Waals surface area contributed by atoms with Crippen LogP contribution in [-0.4, -0.2) is 40.3 Å². The van der Waals surface area contributed by atoms with E-state index < -0.39 is 17.7 Å². The number of unbranched alkanes of at least 4 members (excludes halogenated alkanes) is 14. The van der Waals surface area contributed by atoms with Crippen molar-refractivity contribution in [3.8, 4) is 0 Å². The summed E-state index contributed by atoms with van der Waals surface area (Å²) in [6.45, 7) is 6.75. The van der Waals surface area contributed by atoms with Crippen LogP contribution in [0.4, 0.5) is 0 Å². The molecule has 0 saturated heterocycles. The van der Waals surface area contributed by atoms with Crippen LogP contribution in [0.15, 0.2) is 4.99 Å². The summed E-state index contributed by atoms with van der Waals surface area (Å²) in [4.78, 5) is 4.77. The fraction of sp³-hybridized carbons (Fsp3) is 0.962. The second-order valence-corrected chi connectivity index (χ2v) is 9.45. The Balaban J connectivity index is 2.02. The molecule has 0 aromatic heterocycles. The van der Waals surface area contributed by atoms with Crippen LogP contribution >= 0.6 is 0 Å². The number of aliphatic imine (C=N–C) groups is 1. The van der Waals surface area contributed by atoms with Gasteiger partial charge in [-0.25, -0.2) is 0 Å². The Morgan fingerprint density at radius 1 is 0.700 bits per heavy atom. The standard InChI is InChI=1S/C26H52N2O2/c1-4-7-8-9-10-11-12-13-14-15-16-17-18-19-20-21-25-27-22-26(28-25,23(29)5-2)24(30)6-3/h23-24,29-30H,4-22H2,1-3H3,(H,27,28). The van der Waals surface area contributed by atoms with Gasteiger partial charge >= 0.3 is 0 Å². The average molecular weight is 425 g/mol. The van der Waals surface area contributed by atoms with Crippen LogP contribution in [0.1, 0.15) is 136 Å². The zero-order valence-corrected chi connectivity index (χ0v) is 20.4. The summed E-state index contributed by atoms with van der Waals surface area (Å²) in [6, 6.07) is 0. The molecule has 4 nitrogen and oxygen atoms in total. The minimum Gasteiger partial charge on any atom is -0.390 e. The molecule has 0 amide bonds. The van der Waals surface area contributed by atoms with Gasteiger partial charge in [0.25, 0.3) is 0 Å². The normalized spacial score (nSPS) is 20.8. The first kappa shape index (κ1) is 27.4. The van der Waals surface area contributed by atoms with Crippen LogP contribution in [-0.2, 0) is 0 Å². The van der Waals surface area contributed by atoms with Crippen LogP contribution < -0.4 is 5.32 Å². The molecule has 3 N–H and O–H groups in total. The van der Waals surface area contributed by atoms with E-state index in [1.54, 1.807) is 0 Å². The molecule has 0 aliphatic carbocycles. The number of amidine groups is 1. The first-order valence-corrected chi connectivity index (χ1v) is 13.3. The molecular weight excluding hydrogens is 372 g/mol. The highest BCUT2D eigenvalue weighted by molar-refractivity contribution is 5.84. The third-order valence-corrected chi connectivity index (χ3v) is 6.86. The van der Waals surface area contributed by atoms with E-state index in [1.165, 1.54) is 89.9 Å². The van der Waals surface area contributed by atoms with Crippen LogP contribution in [0.5, 0.6) is 0 Å². The highest BCUT2D eigenvalue weighted by Crippen LogP contribution is 2.29. The van der Waals surface area contributed by atoms with E-state index in [-0.39, 0.29) is 0 Å². The van der Waals surface area contributed by atoms with Crippen molar-refractivity contribution in [1.29, 1.82) is 0 Å². The molecule has 0 bridgehead atoms. The summed E-state index contributed by atoms with van der Waals surface area (Å²) >= 11 is 0. The zero-order valence-electron chi connectivity index (χ0n) is 20.4. The fourth-order valence-electron chi connectivity index (χ4n) is 4.70. The third-order valence-electron chi connectivity index (χ3n) is 6.86. The van der Waals surface area contributed by atoms with Gasteiger partial charge in [0.2, 0.25) is 0 Å². The molecular formula is C26H52N2O2. The molecule has 2 atom stereocenters. The highest BCUT2D eigenvalue weighted by Gasteiger charge is 2.46. The molecule has 178 valence electrons. The number of nitrogens with one attached hydrogen (secondary N) is 1. The Bertz CT molecular complexity index is 429. The Labute approximate surface area is 187 Å². The smallest absolute Gasteiger partial charge is 0.131 e. The van der Waals surface area contributed by atoms with Gasteiger partial charge < -0.3 is 15.5 Å². The number of nitrogens with zero attached hydrogens (tertiary/aromatic N) is 1. The molecule has 0 saturated carbocycles. The molecule has 1 aliphatic heterocycles. The maximum absolute atomic E-state index is 10.4. The van der Waals surface area contributed by atoms with Gasteiger partial charge in [0, 0.05) is 13.0 Å². The van der Waals surface area contributed by atoms with Crippen molar-refractivity contribution in [2.24, 2.45) is 4.99 Å². The van der Waals surface area contributed by atoms with Gasteiger partial charge in [-0.1, -0.05) is 111 Å². The molecule has 0 spiro atoms. The lowest BCUT2D eigenvalue weighted by Crippen LogP contribution is -2.53. The molecule has 4 heteroatoms. The molecule has 2 unspecified atom stereocenters. The molecule has 1 aliphatic rings. The zero-order chi connectivity index (χ0) is 22.1. The van der Waals surface area contributed by atoms with E-state index in [1.807, 2.05) is 13.8 Å². The lowest BCUT2D eigenvalue weighted by atomic mass is 9.84. The van der Waals surface area contributed by atoms with Gasteiger partial charge in [-0.15, -0.1) is 0 Å². The van der Waals surface area contributed by atoms with Gasteiger partial charge in [0.05, 0.1) is 18.0 Å². The number of aliphatic hydroxyl groups excluding tert-OH is 2. The van der Waals surface area contributed by atoms with Gasteiger partial charge in [0.1, 0.15) is 5.54 Å². The minimum atomic E-state index is -0.742. The number of aliphatic hydroxyl groups is 2.